The van der Waals surface area contributed by atoms with E-state index in [1.807, 2.05) is 31.2 Å². The number of hydrogen-bond acceptors (Lipinski definition) is 0. The first kappa shape index (κ1) is 21.7. The highest BCUT2D eigenvalue weighted by atomic mass is 19.4. The normalized spacial score (nSPS) is 12.0. The van der Waals surface area contributed by atoms with Gasteiger partial charge in [-0.2, -0.15) is 13.2 Å². The Bertz CT molecular complexity index is 1040. The second-order valence-corrected chi connectivity index (χ2v) is 7.02. The molecule has 0 fully saturated rings. The van der Waals surface area contributed by atoms with E-state index in [9.17, 15) is 26.3 Å². The number of aryl methyl sites for hydroxylation is 3. The lowest BCUT2D eigenvalue weighted by Crippen LogP contribution is -2.02. The Morgan fingerprint density at radius 1 is 0.733 bits per heavy atom. The number of halogens is 6. The fourth-order valence-corrected chi connectivity index (χ4v) is 3.07. The van der Waals surface area contributed by atoms with Gasteiger partial charge in [0.15, 0.2) is 0 Å². The molecular formula is C24H18F6. The Balaban J connectivity index is 1.74. The Kier molecular flexibility index (Phi) is 6.34. The minimum absolute atomic E-state index is 0.137. The number of allylic oxidation sites excluding steroid dienone is 1. The number of alkyl halides is 3. The molecule has 0 bridgehead atoms. The van der Waals surface area contributed by atoms with E-state index < -0.39 is 29.2 Å². The lowest BCUT2D eigenvalue weighted by Gasteiger charge is -2.09. The van der Waals surface area contributed by atoms with Crippen LogP contribution in [0.4, 0.5) is 26.3 Å². The van der Waals surface area contributed by atoms with Crippen molar-refractivity contribution in [1.82, 2.24) is 0 Å². The third kappa shape index (κ3) is 5.53. The van der Waals surface area contributed by atoms with Crippen LogP contribution in [0, 0.1) is 24.4 Å². The highest BCUT2D eigenvalue weighted by Crippen LogP contribution is 2.25. The maximum Gasteiger partial charge on any atom is 0.409 e. The van der Waals surface area contributed by atoms with Crippen molar-refractivity contribution in [3.05, 3.63) is 100 Å². The summed E-state index contributed by atoms with van der Waals surface area (Å²) in [6.45, 7) is 1.96. The Labute approximate surface area is 170 Å². The summed E-state index contributed by atoms with van der Waals surface area (Å²) in [5.74, 6) is -2.62. The lowest BCUT2D eigenvalue weighted by molar-refractivity contribution is -0.0790. The van der Waals surface area contributed by atoms with Crippen LogP contribution >= 0.6 is 0 Å². The van der Waals surface area contributed by atoms with E-state index in [-0.39, 0.29) is 24.5 Å². The zero-order chi connectivity index (χ0) is 21.9. The van der Waals surface area contributed by atoms with Gasteiger partial charge in [-0.1, -0.05) is 42.0 Å². The summed E-state index contributed by atoms with van der Waals surface area (Å²) in [6, 6.07) is 14.4. The molecule has 0 radical (unpaired) electrons. The molecule has 3 rings (SSSR count). The van der Waals surface area contributed by atoms with E-state index in [0.717, 1.165) is 23.3 Å². The molecule has 0 atom stereocenters. The van der Waals surface area contributed by atoms with Crippen molar-refractivity contribution in [3.8, 4) is 11.1 Å². The zero-order valence-electron chi connectivity index (χ0n) is 16.0. The van der Waals surface area contributed by atoms with Gasteiger partial charge in [-0.25, -0.2) is 13.2 Å². The van der Waals surface area contributed by atoms with E-state index >= 15 is 0 Å². The quantitative estimate of drug-likeness (QED) is 0.376. The molecule has 0 nitrogen and oxygen atoms in total. The van der Waals surface area contributed by atoms with Gasteiger partial charge in [0, 0.05) is 11.6 Å². The standard InChI is InChI=1S/C24H18F6/c1-15-2-5-17(6-3-15)19-9-8-18(21(25)14-19)7-4-16-12-22(26)20(23(27)13-16)10-11-24(28,29)30/h2-3,5-6,8-14H,4,7H2,1H3/b11-10+. The zero-order valence-corrected chi connectivity index (χ0v) is 16.0. The molecule has 0 aromatic heterocycles. The van der Waals surface area contributed by atoms with Gasteiger partial charge >= 0.3 is 6.18 Å². The van der Waals surface area contributed by atoms with Crippen LogP contribution in [0.15, 0.2) is 60.7 Å². The van der Waals surface area contributed by atoms with Crippen LogP contribution in [0.3, 0.4) is 0 Å². The summed E-state index contributed by atoms with van der Waals surface area (Å²) < 4.78 is 79.2. The van der Waals surface area contributed by atoms with E-state index in [4.69, 9.17) is 0 Å². The Hall–Kier alpha value is -3.02. The Morgan fingerprint density at radius 3 is 1.90 bits per heavy atom. The predicted octanol–water partition coefficient (Wildman–Crippen LogP) is 7.44. The number of benzene rings is 3. The van der Waals surface area contributed by atoms with Crippen molar-refractivity contribution in [2.45, 2.75) is 25.9 Å². The summed E-state index contributed by atoms with van der Waals surface area (Å²) >= 11 is 0. The molecule has 0 unspecified atom stereocenters. The molecule has 3 aromatic rings. The molecule has 3 aromatic carbocycles. The maximum atomic E-state index is 14.5. The molecule has 0 aliphatic heterocycles. The third-order valence-electron chi connectivity index (χ3n) is 4.70. The fraction of sp³-hybridized carbons (Fsp3) is 0.167. The molecule has 0 saturated carbocycles. The van der Waals surface area contributed by atoms with E-state index in [0.29, 0.717) is 17.2 Å². The highest BCUT2D eigenvalue weighted by Gasteiger charge is 2.22. The number of rotatable bonds is 5. The van der Waals surface area contributed by atoms with Gasteiger partial charge in [-0.05, 0) is 66.3 Å². The summed E-state index contributed by atoms with van der Waals surface area (Å²) in [7, 11) is 0. The molecule has 0 N–H and O–H groups in total. The molecule has 0 saturated heterocycles. The first-order chi connectivity index (χ1) is 14.1. The predicted molar refractivity (Wildman–Crippen MR) is 105 cm³/mol. The smallest absolute Gasteiger partial charge is 0.207 e. The largest absolute Gasteiger partial charge is 0.409 e. The first-order valence-corrected chi connectivity index (χ1v) is 9.22. The minimum Gasteiger partial charge on any atom is -0.207 e. The molecular weight excluding hydrogens is 402 g/mol. The average Bonchev–Trinajstić information content (AvgIpc) is 2.66. The van der Waals surface area contributed by atoms with Crippen LogP contribution in [-0.2, 0) is 12.8 Å². The van der Waals surface area contributed by atoms with Gasteiger partial charge in [0.05, 0.1) is 0 Å². The van der Waals surface area contributed by atoms with Crippen LogP contribution < -0.4 is 0 Å². The van der Waals surface area contributed by atoms with E-state index in [1.165, 1.54) is 6.07 Å². The maximum absolute atomic E-state index is 14.5. The second-order valence-electron chi connectivity index (χ2n) is 7.02. The SMILES string of the molecule is Cc1ccc(-c2ccc(CCc3cc(F)c(/C=C/C(F)(F)F)c(F)c3)c(F)c2)cc1. The summed E-state index contributed by atoms with van der Waals surface area (Å²) in [6.07, 6.45) is -4.20. The first-order valence-electron chi connectivity index (χ1n) is 9.22. The monoisotopic (exact) mass is 420 g/mol. The van der Waals surface area contributed by atoms with Crippen molar-refractivity contribution in [1.29, 1.82) is 0 Å². The van der Waals surface area contributed by atoms with E-state index in [1.54, 1.807) is 12.1 Å². The molecule has 0 amide bonds. The summed E-state index contributed by atoms with van der Waals surface area (Å²) in [4.78, 5) is 0. The van der Waals surface area contributed by atoms with Crippen LogP contribution in [0.1, 0.15) is 22.3 Å². The molecule has 0 aliphatic rings. The third-order valence-corrected chi connectivity index (χ3v) is 4.70. The molecule has 0 heterocycles. The highest BCUT2D eigenvalue weighted by molar-refractivity contribution is 5.64. The second kappa shape index (κ2) is 8.78. The van der Waals surface area contributed by atoms with Gasteiger partial charge in [0.1, 0.15) is 17.5 Å². The van der Waals surface area contributed by atoms with Gasteiger partial charge < -0.3 is 0 Å². The topological polar surface area (TPSA) is 0 Å². The van der Waals surface area contributed by atoms with Crippen molar-refractivity contribution in [3.63, 3.8) is 0 Å². The van der Waals surface area contributed by atoms with E-state index in [2.05, 4.69) is 0 Å². The number of hydrogen-bond donors (Lipinski definition) is 0. The van der Waals surface area contributed by atoms with Gasteiger partial charge in [0.25, 0.3) is 0 Å². The fourth-order valence-electron chi connectivity index (χ4n) is 3.07. The van der Waals surface area contributed by atoms with Gasteiger partial charge in [0.2, 0.25) is 0 Å². The van der Waals surface area contributed by atoms with Crippen LogP contribution in [0.5, 0.6) is 0 Å². The molecule has 30 heavy (non-hydrogen) atoms. The summed E-state index contributed by atoms with van der Waals surface area (Å²) in [5, 5.41) is 0. The summed E-state index contributed by atoms with van der Waals surface area (Å²) in [5.41, 5.74) is 2.54. The Morgan fingerprint density at radius 2 is 1.33 bits per heavy atom. The van der Waals surface area contributed by atoms with Crippen LogP contribution in [-0.4, -0.2) is 6.18 Å². The van der Waals surface area contributed by atoms with Crippen molar-refractivity contribution < 1.29 is 26.3 Å². The molecule has 156 valence electrons. The van der Waals surface area contributed by atoms with Gasteiger partial charge in [-0.15, -0.1) is 0 Å². The molecule has 6 heteroatoms. The van der Waals surface area contributed by atoms with Crippen LogP contribution in [0.25, 0.3) is 17.2 Å². The van der Waals surface area contributed by atoms with Crippen molar-refractivity contribution in [2.75, 3.05) is 0 Å². The minimum atomic E-state index is -4.67. The molecule has 0 aliphatic carbocycles. The average molecular weight is 420 g/mol. The molecule has 0 spiro atoms. The van der Waals surface area contributed by atoms with Crippen molar-refractivity contribution >= 4 is 6.08 Å². The van der Waals surface area contributed by atoms with Crippen molar-refractivity contribution in [2.24, 2.45) is 0 Å². The lowest BCUT2D eigenvalue weighted by atomic mass is 9.98. The van der Waals surface area contributed by atoms with Crippen LogP contribution in [0.2, 0.25) is 0 Å². The van der Waals surface area contributed by atoms with Gasteiger partial charge in [-0.3, -0.25) is 0 Å².